The summed E-state index contributed by atoms with van der Waals surface area (Å²) in [6.45, 7) is 8.15. The quantitative estimate of drug-likeness (QED) is 0.826. The molecule has 0 radical (unpaired) electrons. The predicted molar refractivity (Wildman–Crippen MR) is 103 cm³/mol. The molecule has 0 bridgehead atoms. The predicted octanol–water partition coefficient (Wildman–Crippen LogP) is 3.44. The molecule has 138 valence electrons. The zero-order valence-electron chi connectivity index (χ0n) is 15.4. The highest BCUT2D eigenvalue weighted by Gasteiger charge is 2.26. The van der Waals surface area contributed by atoms with Crippen molar-refractivity contribution in [3.63, 3.8) is 0 Å². The zero-order chi connectivity index (χ0) is 18.7. The number of ether oxygens (including phenoxy) is 1. The summed E-state index contributed by atoms with van der Waals surface area (Å²) in [6.07, 6.45) is 0.101. The molecule has 5 nitrogen and oxygen atoms in total. The van der Waals surface area contributed by atoms with Crippen molar-refractivity contribution in [2.75, 3.05) is 26.2 Å². The van der Waals surface area contributed by atoms with Gasteiger partial charge in [0.15, 0.2) is 0 Å². The Morgan fingerprint density at radius 3 is 2.23 bits per heavy atom. The normalized spacial score (nSPS) is 14.6. The number of amides is 2. The third kappa shape index (κ3) is 4.07. The lowest BCUT2D eigenvalue weighted by Gasteiger charge is -2.34. The van der Waals surface area contributed by atoms with Gasteiger partial charge in [0.1, 0.15) is 5.75 Å². The van der Waals surface area contributed by atoms with E-state index in [1.165, 1.54) is 11.3 Å². The fourth-order valence-corrected chi connectivity index (χ4v) is 3.71. The number of benzene rings is 1. The Morgan fingerprint density at radius 2 is 1.69 bits per heavy atom. The first-order chi connectivity index (χ1) is 12.5. The number of carbonyl (C=O) groups is 2. The molecule has 0 atom stereocenters. The van der Waals surface area contributed by atoms with E-state index < -0.39 is 0 Å². The summed E-state index contributed by atoms with van der Waals surface area (Å²) >= 11 is 1.45. The summed E-state index contributed by atoms with van der Waals surface area (Å²) in [5.41, 5.74) is 1.62. The van der Waals surface area contributed by atoms with Crippen LogP contribution in [0.25, 0.3) is 0 Å². The molecule has 1 aliphatic heterocycles. The van der Waals surface area contributed by atoms with Gasteiger partial charge in [-0.05, 0) is 56.0 Å². The molecule has 0 unspecified atom stereocenters. The maximum atomic E-state index is 12.8. The van der Waals surface area contributed by atoms with E-state index in [1.807, 2.05) is 66.3 Å². The lowest BCUT2D eigenvalue weighted by atomic mass is 10.1. The van der Waals surface area contributed by atoms with Crippen LogP contribution in [0.2, 0.25) is 0 Å². The van der Waals surface area contributed by atoms with Gasteiger partial charge in [0.05, 0.1) is 11.0 Å². The second-order valence-corrected chi connectivity index (χ2v) is 7.66. The number of thiophene rings is 1. The Kier molecular flexibility index (Phi) is 5.61. The number of rotatable bonds is 4. The minimum Gasteiger partial charge on any atom is -0.491 e. The van der Waals surface area contributed by atoms with Crippen LogP contribution in [-0.4, -0.2) is 53.9 Å². The van der Waals surface area contributed by atoms with E-state index in [9.17, 15) is 9.59 Å². The van der Waals surface area contributed by atoms with Crippen LogP contribution in [0.3, 0.4) is 0 Å². The van der Waals surface area contributed by atoms with Crippen molar-refractivity contribution in [2.24, 2.45) is 0 Å². The van der Waals surface area contributed by atoms with Crippen LogP contribution >= 0.6 is 11.3 Å². The average molecular weight is 372 g/mol. The first-order valence-corrected chi connectivity index (χ1v) is 9.73. The fraction of sp³-hybridized carbons (Fsp3) is 0.400. The number of carbonyl (C=O) groups excluding carboxylic acids is 2. The highest BCUT2D eigenvalue weighted by molar-refractivity contribution is 7.12. The molecule has 0 spiro atoms. The van der Waals surface area contributed by atoms with Crippen molar-refractivity contribution < 1.29 is 14.3 Å². The summed E-state index contributed by atoms with van der Waals surface area (Å²) in [6, 6.07) is 9.28. The molecule has 1 fully saturated rings. The number of hydrogen-bond acceptors (Lipinski definition) is 4. The minimum atomic E-state index is 0.00687. The molecule has 0 aliphatic carbocycles. The topological polar surface area (TPSA) is 49.9 Å². The van der Waals surface area contributed by atoms with Crippen LogP contribution in [0.1, 0.15) is 39.4 Å². The molecule has 3 rings (SSSR count). The summed E-state index contributed by atoms with van der Waals surface area (Å²) in [5.74, 6) is 0.869. The minimum absolute atomic E-state index is 0.00687. The maximum absolute atomic E-state index is 12.8. The summed E-state index contributed by atoms with van der Waals surface area (Å²) in [4.78, 5) is 29.6. The average Bonchev–Trinajstić information content (AvgIpc) is 3.16. The zero-order valence-corrected chi connectivity index (χ0v) is 16.2. The van der Waals surface area contributed by atoms with Gasteiger partial charge in [0.2, 0.25) is 0 Å². The third-order valence-electron chi connectivity index (χ3n) is 4.37. The summed E-state index contributed by atoms with van der Waals surface area (Å²) in [7, 11) is 0. The highest BCUT2D eigenvalue weighted by Crippen LogP contribution is 2.22. The number of hydrogen-bond donors (Lipinski definition) is 0. The Labute approximate surface area is 158 Å². The van der Waals surface area contributed by atoms with Crippen molar-refractivity contribution in [3.8, 4) is 5.75 Å². The van der Waals surface area contributed by atoms with Gasteiger partial charge in [-0.3, -0.25) is 9.59 Å². The van der Waals surface area contributed by atoms with Crippen LogP contribution in [0.4, 0.5) is 0 Å². The maximum Gasteiger partial charge on any atom is 0.264 e. The van der Waals surface area contributed by atoms with Gasteiger partial charge in [0, 0.05) is 31.7 Å². The number of nitrogens with zero attached hydrogens (tertiary/aromatic N) is 2. The van der Waals surface area contributed by atoms with Gasteiger partial charge in [-0.15, -0.1) is 11.3 Å². The molecular weight excluding hydrogens is 348 g/mol. The van der Waals surface area contributed by atoms with E-state index >= 15 is 0 Å². The van der Waals surface area contributed by atoms with Gasteiger partial charge in [-0.25, -0.2) is 0 Å². The van der Waals surface area contributed by atoms with E-state index in [0.29, 0.717) is 31.7 Å². The number of piperazine rings is 1. The lowest BCUT2D eigenvalue weighted by molar-refractivity contribution is 0.0538. The Balaban J connectivity index is 1.61. The van der Waals surface area contributed by atoms with Crippen LogP contribution in [0.15, 0.2) is 35.7 Å². The smallest absolute Gasteiger partial charge is 0.264 e. The molecule has 2 aromatic rings. The monoisotopic (exact) mass is 372 g/mol. The standard InChI is InChI=1S/C20H24N2O3S/c1-14(2)25-17-7-6-16(13-15(17)3)19(23)21-8-10-22(11-9-21)20(24)18-5-4-12-26-18/h4-7,12-14H,8-11H2,1-3H3. The van der Waals surface area contributed by atoms with Crippen LogP contribution < -0.4 is 4.74 Å². The molecule has 0 saturated carbocycles. The molecule has 1 aromatic heterocycles. The molecule has 0 N–H and O–H groups in total. The Hall–Kier alpha value is -2.34. The second-order valence-electron chi connectivity index (χ2n) is 6.71. The van der Waals surface area contributed by atoms with Gasteiger partial charge in [-0.2, -0.15) is 0 Å². The fourth-order valence-electron chi connectivity index (χ4n) is 3.02. The number of aryl methyl sites for hydroxylation is 1. The third-order valence-corrected chi connectivity index (χ3v) is 5.23. The largest absolute Gasteiger partial charge is 0.491 e. The van der Waals surface area contributed by atoms with E-state index in [4.69, 9.17) is 4.74 Å². The van der Waals surface area contributed by atoms with Crippen molar-refractivity contribution >= 4 is 23.2 Å². The highest BCUT2D eigenvalue weighted by atomic mass is 32.1. The van der Waals surface area contributed by atoms with Gasteiger partial charge in [0.25, 0.3) is 11.8 Å². The molecule has 2 heterocycles. The van der Waals surface area contributed by atoms with E-state index in [2.05, 4.69) is 0 Å². The van der Waals surface area contributed by atoms with Crippen molar-refractivity contribution in [3.05, 3.63) is 51.7 Å². The first kappa shape index (κ1) is 18.5. The Morgan fingerprint density at radius 1 is 1.04 bits per heavy atom. The molecule has 6 heteroatoms. The lowest BCUT2D eigenvalue weighted by Crippen LogP contribution is -2.50. The van der Waals surface area contributed by atoms with E-state index in [0.717, 1.165) is 16.2 Å². The van der Waals surface area contributed by atoms with E-state index in [1.54, 1.807) is 0 Å². The molecule has 1 aliphatic rings. The summed E-state index contributed by atoms with van der Waals surface area (Å²) in [5, 5.41) is 1.90. The van der Waals surface area contributed by atoms with Gasteiger partial charge in [-0.1, -0.05) is 6.07 Å². The molecule has 1 aromatic carbocycles. The van der Waals surface area contributed by atoms with Gasteiger partial charge >= 0.3 is 0 Å². The van der Waals surface area contributed by atoms with Crippen molar-refractivity contribution in [1.29, 1.82) is 0 Å². The van der Waals surface area contributed by atoms with Crippen LogP contribution in [-0.2, 0) is 0 Å². The second kappa shape index (κ2) is 7.91. The van der Waals surface area contributed by atoms with Crippen molar-refractivity contribution in [1.82, 2.24) is 9.80 Å². The molecule has 1 saturated heterocycles. The van der Waals surface area contributed by atoms with Crippen LogP contribution in [0, 0.1) is 6.92 Å². The molecule has 2 amide bonds. The molecular formula is C20H24N2O3S. The first-order valence-electron chi connectivity index (χ1n) is 8.85. The van der Waals surface area contributed by atoms with Crippen molar-refractivity contribution in [2.45, 2.75) is 26.9 Å². The van der Waals surface area contributed by atoms with E-state index in [-0.39, 0.29) is 17.9 Å². The van der Waals surface area contributed by atoms with Crippen LogP contribution in [0.5, 0.6) is 5.75 Å². The van der Waals surface area contributed by atoms with Gasteiger partial charge < -0.3 is 14.5 Å². The molecule has 26 heavy (non-hydrogen) atoms. The Bertz CT molecular complexity index is 778. The summed E-state index contributed by atoms with van der Waals surface area (Å²) < 4.78 is 5.73. The SMILES string of the molecule is Cc1cc(C(=O)N2CCN(C(=O)c3cccs3)CC2)ccc1OC(C)C.